The third-order valence-electron chi connectivity index (χ3n) is 4.85. The van der Waals surface area contributed by atoms with Gasteiger partial charge in [0.15, 0.2) is 11.5 Å². The van der Waals surface area contributed by atoms with Gasteiger partial charge in [0.05, 0.1) is 18.8 Å². The zero-order valence-corrected chi connectivity index (χ0v) is 17.9. The number of fused-ring (bicyclic) bond motifs is 2. The van der Waals surface area contributed by atoms with Crippen molar-refractivity contribution in [2.24, 2.45) is 0 Å². The summed E-state index contributed by atoms with van der Waals surface area (Å²) in [5.74, 6) is 2.92. The predicted octanol–water partition coefficient (Wildman–Crippen LogP) is 3.12. The maximum Gasteiger partial charge on any atom is 0.278 e. The van der Waals surface area contributed by atoms with Crippen LogP contribution in [0.4, 0.5) is 0 Å². The van der Waals surface area contributed by atoms with Crippen LogP contribution in [0.1, 0.15) is 42.9 Å². The predicted molar refractivity (Wildman–Crippen MR) is 114 cm³/mol. The number of imidazole rings is 1. The fourth-order valence-corrected chi connectivity index (χ4v) is 3.33. The van der Waals surface area contributed by atoms with Crippen LogP contribution in [0.2, 0.25) is 0 Å². The Morgan fingerprint density at radius 3 is 2.93 bits per heavy atom. The zero-order chi connectivity index (χ0) is 21.3. The second-order valence-electron chi connectivity index (χ2n) is 7.26. The minimum absolute atomic E-state index is 0.164. The third-order valence-corrected chi connectivity index (χ3v) is 5.13. The van der Waals surface area contributed by atoms with Crippen LogP contribution in [-0.4, -0.2) is 41.5 Å². The molecule has 1 aliphatic heterocycles. The molecule has 3 aromatic heterocycles. The number of halogens is 1. The number of hydrogen-bond acceptors (Lipinski definition) is 7. The standard InChI is InChI=1S/C20H23ClN8O/c1-5-13(21)6-7-14-8-16-25-26-17(9-22-4)28(16)10-15-18(23-11-29(14)15)20-24-19(12(2)3)27-30-20/h5-7,11-12,22H,1,8-10H2,2-4H3/b13-6+,14-7+. The van der Waals surface area contributed by atoms with Gasteiger partial charge in [0.2, 0.25) is 0 Å². The van der Waals surface area contributed by atoms with Gasteiger partial charge in [-0.15, -0.1) is 10.2 Å². The summed E-state index contributed by atoms with van der Waals surface area (Å²) in [6, 6.07) is 0. The van der Waals surface area contributed by atoms with Crippen LogP contribution in [0.15, 0.2) is 40.7 Å². The third kappa shape index (κ3) is 3.73. The highest BCUT2D eigenvalue weighted by molar-refractivity contribution is 6.31. The molecule has 156 valence electrons. The molecule has 3 aromatic rings. The normalized spacial score (nSPS) is 15.4. The fraction of sp³-hybridized carbons (Fsp3) is 0.350. The van der Waals surface area contributed by atoms with E-state index in [0.717, 1.165) is 23.0 Å². The maximum absolute atomic E-state index is 6.13. The van der Waals surface area contributed by atoms with E-state index in [1.165, 1.54) is 0 Å². The van der Waals surface area contributed by atoms with Crippen molar-refractivity contribution >= 4 is 17.3 Å². The van der Waals surface area contributed by atoms with E-state index in [9.17, 15) is 0 Å². The Labute approximate surface area is 179 Å². The van der Waals surface area contributed by atoms with Gasteiger partial charge in [-0.1, -0.05) is 43.3 Å². The molecule has 0 bridgehead atoms. The molecule has 4 rings (SSSR count). The molecule has 0 amide bonds. The second kappa shape index (κ2) is 8.37. The Morgan fingerprint density at radius 2 is 2.23 bits per heavy atom. The van der Waals surface area contributed by atoms with E-state index in [2.05, 4.69) is 41.8 Å². The first-order chi connectivity index (χ1) is 14.5. The quantitative estimate of drug-likeness (QED) is 0.604. The van der Waals surface area contributed by atoms with E-state index in [4.69, 9.17) is 16.1 Å². The molecule has 10 heteroatoms. The molecular formula is C20H23ClN8O. The van der Waals surface area contributed by atoms with Crippen molar-refractivity contribution < 1.29 is 4.52 Å². The molecule has 0 saturated heterocycles. The lowest BCUT2D eigenvalue weighted by Gasteiger charge is -2.08. The average Bonchev–Trinajstić information content (AvgIpc) is 3.44. The number of aromatic nitrogens is 7. The largest absolute Gasteiger partial charge is 0.332 e. The summed E-state index contributed by atoms with van der Waals surface area (Å²) in [5.41, 5.74) is 2.52. The van der Waals surface area contributed by atoms with Crippen molar-refractivity contribution in [1.82, 2.24) is 39.8 Å². The lowest BCUT2D eigenvalue weighted by Crippen LogP contribution is -2.14. The highest BCUT2D eigenvalue weighted by Crippen LogP contribution is 2.29. The highest BCUT2D eigenvalue weighted by atomic mass is 35.5. The van der Waals surface area contributed by atoms with Gasteiger partial charge in [-0.25, -0.2) is 4.98 Å². The van der Waals surface area contributed by atoms with Gasteiger partial charge >= 0.3 is 0 Å². The molecule has 0 saturated carbocycles. The van der Waals surface area contributed by atoms with Crippen molar-refractivity contribution in [1.29, 1.82) is 0 Å². The summed E-state index contributed by atoms with van der Waals surface area (Å²) in [6.07, 6.45) is 7.67. The molecule has 0 spiro atoms. The van der Waals surface area contributed by atoms with Gasteiger partial charge < -0.3 is 19.0 Å². The molecular weight excluding hydrogens is 404 g/mol. The summed E-state index contributed by atoms with van der Waals surface area (Å²) in [7, 11) is 1.88. The topological polar surface area (TPSA) is 99.5 Å². The molecule has 9 nitrogen and oxygen atoms in total. The van der Waals surface area contributed by atoms with Gasteiger partial charge in [-0.3, -0.25) is 0 Å². The smallest absolute Gasteiger partial charge is 0.278 e. The first-order valence-corrected chi connectivity index (χ1v) is 10.0. The van der Waals surface area contributed by atoms with Crippen LogP contribution in [0.3, 0.4) is 0 Å². The Morgan fingerprint density at radius 1 is 1.40 bits per heavy atom. The molecule has 1 aliphatic rings. The lowest BCUT2D eigenvalue weighted by molar-refractivity contribution is 0.417. The Hall–Kier alpha value is -3.04. The molecule has 1 N–H and O–H groups in total. The first kappa shape index (κ1) is 20.2. The lowest BCUT2D eigenvalue weighted by atomic mass is 10.2. The molecule has 0 aromatic carbocycles. The highest BCUT2D eigenvalue weighted by Gasteiger charge is 2.27. The van der Waals surface area contributed by atoms with Crippen LogP contribution >= 0.6 is 11.6 Å². The van der Waals surface area contributed by atoms with Gasteiger partial charge in [-0.2, -0.15) is 4.98 Å². The number of allylic oxidation sites excluding steroid dienone is 5. The molecule has 0 atom stereocenters. The van der Waals surface area contributed by atoms with E-state index in [-0.39, 0.29) is 5.92 Å². The Bertz CT molecular complexity index is 1130. The monoisotopic (exact) mass is 426 g/mol. The summed E-state index contributed by atoms with van der Waals surface area (Å²) in [5, 5.41) is 16.5. The van der Waals surface area contributed by atoms with E-state index in [0.29, 0.717) is 42.0 Å². The second-order valence-corrected chi connectivity index (χ2v) is 7.70. The molecule has 4 heterocycles. The summed E-state index contributed by atoms with van der Waals surface area (Å²) in [4.78, 5) is 9.13. The first-order valence-electron chi connectivity index (χ1n) is 9.66. The van der Waals surface area contributed by atoms with E-state index in [1.54, 1.807) is 18.5 Å². The van der Waals surface area contributed by atoms with Crippen LogP contribution < -0.4 is 5.32 Å². The Balaban J connectivity index is 1.86. The molecule has 0 radical (unpaired) electrons. The summed E-state index contributed by atoms with van der Waals surface area (Å²) >= 11 is 6.13. The number of rotatable bonds is 6. The summed E-state index contributed by atoms with van der Waals surface area (Å²) < 4.78 is 9.63. The zero-order valence-electron chi connectivity index (χ0n) is 17.1. The Kier molecular flexibility index (Phi) is 5.65. The minimum Gasteiger partial charge on any atom is -0.332 e. The maximum atomic E-state index is 6.13. The van der Waals surface area contributed by atoms with E-state index < -0.39 is 0 Å². The van der Waals surface area contributed by atoms with Crippen LogP contribution in [-0.2, 0) is 19.5 Å². The van der Waals surface area contributed by atoms with Crippen LogP contribution in [0.5, 0.6) is 0 Å². The van der Waals surface area contributed by atoms with Gasteiger partial charge in [0.1, 0.15) is 18.0 Å². The molecule has 0 fully saturated rings. The fourth-order valence-electron chi connectivity index (χ4n) is 3.27. The average molecular weight is 427 g/mol. The van der Waals surface area contributed by atoms with Crippen molar-refractivity contribution in [3.63, 3.8) is 0 Å². The SMILES string of the molecule is C=C/C(Cl)=C\C=C1/Cc2nnc(CNC)n2Cc2c(-c3nc(C(C)C)no3)ncn21. The van der Waals surface area contributed by atoms with Gasteiger partial charge in [-0.05, 0) is 19.2 Å². The van der Waals surface area contributed by atoms with E-state index >= 15 is 0 Å². The van der Waals surface area contributed by atoms with Crippen molar-refractivity contribution in [3.8, 4) is 11.6 Å². The number of nitrogens with one attached hydrogen (secondary N) is 1. The van der Waals surface area contributed by atoms with Gasteiger partial charge in [0.25, 0.3) is 5.89 Å². The molecule has 0 unspecified atom stereocenters. The molecule has 0 aliphatic carbocycles. The van der Waals surface area contributed by atoms with E-state index in [1.807, 2.05) is 31.5 Å². The van der Waals surface area contributed by atoms with Crippen LogP contribution in [0.25, 0.3) is 17.3 Å². The summed E-state index contributed by atoms with van der Waals surface area (Å²) in [6.45, 7) is 8.88. The van der Waals surface area contributed by atoms with Crippen molar-refractivity contribution in [2.45, 2.75) is 39.3 Å². The van der Waals surface area contributed by atoms with Crippen molar-refractivity contribution in [2.75, 3.05) is 7.05 Å². The molecule has 30 heavy (non-hydrogen) atoms. The number of hydrogen-bond donors (Lipinski definition) is 1. The van der Waals surface area contributed by atoms with Crippen molar-refractivity contribution in [3.05, 3.63) is 59.3 Å². The van der Waals surface area contributed by atoms with Gasteiger partial charge in [0, 0.05) is 23.1 Å². The van der Waals surface area contributed by atoms with Crippen LogP contribution in [0, 0.1) is 0 Å². The minimum atomic E-state index is 0.164. The number of nitrogens with zero attached hydrogens (tertiary/aromatic N) is 7.